The number of carbonyl (C=O) groups is 1. The molecule has 0 bridgehead atoms. The highest BCUT2D eigenvalue weighted by Crippen LogP contribution is 2.21. The Morgan fingerprint density at radius 3 is 2.94 bits per heavy atom. The molecule has 3 heterocycles. The topological polar surface area (TPSA) is 100 Å². The van der Waals surface area contributed by atoms with Crippen LogP contribution in [0.5, 0.6) is 0 Å². The molecule has 0 radical (unpaired) electrons. The predicted octanol–water partition coefficient (Wildman–Crippen LogP) is 3.61. The van der Waals surface area contributed by atoms with Crippen LogP contribution in [0.25, 0.3) is 11.4 Å². The quantitative estimate of drug-likeness (QED) is 0.593. The summed E-state index contributed by atoms with van der Waals surface area (Å²) in [6.45, 7) is 3.63. The number of aromatic nitrogens is 3. The minimum Gasteiger partial charge on any atom is -0.376 e. The highest BCUT2D eigenvalue weighted by molar-refractivity contribution is 5.90. The monoisotopic (exact) mass is 433 g/mol. The van der Waals surface area contributed by atoms with Gasteiger partial charge < -0.3 is 19.9 Å². The van der Waals surface area contributed by atoms with Gasteiger partial charge in [0.15, 0.2) is 0 Å². The van der Waals surface area contributed by atoms with E-state index in [0.29, 0.717) is 31.0 Å². The van der Waals surface area contributed by atoms with Gasteiger partial charge in [-0.25, -0.2) is 9.78 Å². The summed E-state index contributed by atoms with van der Waals surface area (Å²) in [5, 5.41) is 2.98. The zero-order valence-corrected chi connectivity index (χ0v) is 18.1. The van der Waals surface area contributed by atoms with Gasteiger partial charge in [-0.15, -0.1) is 0 Å². The van der Waals surface area contributed by atoms with Crippen molar-refractivity contribution in [1.29, 1.82) is 0 Å². The van der Waals surface area contributed by atoms with E-state index in [1.54, 1.807) is 17.3 Å². The second-order valence-electron chi connectivity index (χ2n) is 7.83. The molecule has 1 saturated heterocycles. The maximum absolute atomic E-state index is 13.2. The summed E-state index contributed by atoms with van der Waals surface area (Å²) in [5.41, 5.74) is 2.83. The Labute approximate surface area is 186 Å². The molecule has 2 N–H and O–H groups in total. The highest BCUT2D eigenvalue weighted by atomic mass is 16.5. The van der Waals surface area contributed by atoms with Crippen LogP contribution in [0.2, 0.25) is 0 Å². The van der Waals surface area contributed by atoms with Gasteiger partial charge in [0.25, 0.3) is 5.56 Å². The normalized spacial score (nSPS) is 15.5. The molecule has 1 aliphatic heterocycles. The Hall–Kier alpha value is -3.52. The molecule has 4 rings (SSSR count). The second kappa shape index (κ2) is 10.2. The third-order valence-corrected chi connectivity index (χ3v) is 5.38. The van der Waals surface area contributed by atoms with E-state index in [1.807, 2.05) is 43.3 Å². The van der Waals surface area contributed by atoms with Crippen molar-refractivity contribution >= 4 is 11.7 Å². The first-order valence-electron chi connectivity index (χ1n) is 10.9. The molecule has 1 aromatic carbocycles. The molecule has 0 saturated carbocycles. The fraction of sp³-hybridized carbons (Fsp3) is 0.333. The van der Waals surface area contributed by atoms with E-state index in [0.717, 1.165) is 36.3 Å². The van der Waals surface area contributed by atoms with E-state index in [4.69, 9.17) is 4.74 Å². The van der Waals surface area contributed by atoms with Gasteiger partial charge in [-0.3, -0.25) is 9.78 Å². The van der Waals surface area contributed by atoms with Crippen LogP contribution in [0.3, 0.4) is 0 Å². The first-order valence-corrected chi connectivity index (χ1v) is 10.9. The maximum atomic E-state index is 13.2. The number of ether oxygens (including phenoxy) is 1. The Morgan fingerprint density at radius 2 is 2.19 bits per heavy atom. The molecule has 0 aliphatic carbocycles. The molecule has 32 heavy (non-hydrogen) atoms. The summed E-state index contributed by atoms with van der Waals surface area (Å²) in [5.74, 6) is 0.483. The first kappa shape index (κ1) is 21.7. The van der Waals surface area contributed by atoms with Crippen molar-refractivity contribution in [1.82, 2.24) is 19.9 Å². The third kappa shape index (κ3) is 5.59. The van der Waals surface area contributed by atoms with E-state index >= 15 is 0 Å². The number of hydrogen-bond acceptors (Lipinski definition) is 5. The van der Waals surface area contributed by atoms with Crippen molar-refractivity contribution in [3.8, 4) is 11.4 Å². The number of hydrogen-bond donors (Lipinski definition) is 2. The number of aryl methyl sites for hydroxylation is 1. The largest absolute Gasteiger partial charge is 0.376 e. The van der Waals surface area contributed by atoms with Crippen LogP contribution in [0, 0.1) is 0 Å². The summed E-state index contributed by atoms with van der Waals surface area (Å²) >= 11 is 0. The minimum absolute atomic E-state index is 0.0369. The summed E-state index contributed by atoms with van der Waals surface area (Å²) < 4.78 is 5.75. The molecule has 2 aromatic heterocycles. The number of H-pyrrole nitrogens is 1. The molecule has 2 amide bonds. The van der Waals surface area contributed by atoms with Crippen LogP contribution in [0.1, 0.15) is 31.0 Å². The molecular formula is C24H27N5O3. The van der Waals surface area contributed by atoms with Crippen molar-refractivity contribution in [3.63, 3.8) is 0 Å². The van der Waals surface area contributed by atoms with E-state index in [2.05, 4.69) is 20.3 Å². The Bertz CT molecular complexity index is 1110. The molecular weight excluding hydrogens is 406 g/mol. The SMILES string of the molecule is CCc1cc(=O)[nH]c(-c2cccc(NC(=O)N(Cc3cccnc3)C[C@H]3CCCO3)c2)n1. The van der Waals surface area contributed by atoms with Gasteiger partial charge in [0.1, 0.15) is 5.82 Å². The smallest absolute Gasteiger partial charge is 0.322 e. The number of nitrogens with zero attached hydrogens (tertiary/aromatic N) is 3. The number of pyridine rings is 1. The van der Waals surface area contributed by atoms with Gasteiger partial charge in [0, 0.05) is 55.1 Å². The van der Waals surface area contributed by atoms with Gasteiger partial charge in [-0.1, -0.05) is 25.1 Å². The van der Waals surface area contributed by atoms with Crippen molar-refractivity contribution in [2.24, 2.45) is 0 Å². The second-order valence-corrected chi connectivity index (χ2v) is 7.83. The lowest BCUT2D eigenvalue weighted by Gasteiger charge is -2.26. The van der Waals surface area contributed by atoms with Gasteiger partial charge in [-0.2, -0.15) is 0 Å². The number of benzene rings is 1. The summed E-state index contributed by atoms with van der Waals surface area (Å²) in [7, 11) is 0. The number of carbonyl (C=O) groups excluding carboxylic acids is 1. The molecule has 1 fully saturated rings. The highest BCUT2D eigenvalue weighted by Gasteiger charge is 2.23. The van der Waals surface area contributed by atoms with Crippen LogP contribution in [-0.4, -0.2) is 45.1 Å². The lowest BCUT2D eigenvalue weighted by molar-refractivity contribution is 0.0819. The molecule has 1 aliphatic rings. The first-order chi connectivity index (χ1) is 15.6. The molecule has 0 spiro atoms. The molecule has 8 heteroatoms. The summed E-state index contributed by atoms with van der Waals surface area (Å²) in [6.07, 6.45) is 6.13. The van der Waals surface area contributed by atoms with Gasteiger partial charge in [-0.05, 0) is 43.0 Å². The van der Waals surface area contributed by atoms with Crippen molar-refractivity contribution < 1.29 is 9.53 Å². The number of aromatic amines is 1. The van der Waals surface area contributed by atoms with E-state index in [9.17, 15) is 9.59 Å². The van der Waals surface area contributed by atoms with Crippen molar-refractivity contribution in [2.75, 3.05) is 18.5 Å². The number of anilines is 1. The molecule has 0 unspecified atom stereocenters. The zero-order valence-electron chi connectivity index (χ0n) is 18.1. The lowest BCUT2D eigenvalue weighted by atomic mass is 10.1. The standard InChI is InChI=1S/C24H27N5O3/c1-2-19-13-22(30)28-23(26-19)18-7-3-8-20(12-18)27-24(31)29(16-21-9-5-11-32-21)15-17-6-4-10-25-14-17/h3-4,6-8,10,12-14,21H,2,5,9,11,15-16H2,1H3,(H,27,31)(H,26,28,30)/t21-/m1/s1. The minimum atomic E-state index is -0.217. The van der Waals surface area contributed by atoms with E-state index in [-0.39, 0.29) is 17.7 Å². The fourth-order valence-electron chi connectivity index (χ4n) is 3.74. The Morgan fingerprint density at radius 1 is 1.28 bits per heavy atom. The number of rotatable bonds is 7. The average Bonchev–Trinajstić information content (AvgIpc) is 3.32. The zero-order chi connectivity index (χ0) is 22.3. The molecule has 1 atom stereocenters. The molecule has 166 valence electrons. The van der Waals surface area contributed by atoms with Crippen molar-refractivity contribution in [3.05, 3.63) is 76.5 Å². The number of urea groups is 1. The predicted molar refractivity (Wildman–Crippen MR) is 122 cm³/mol. The average molecular weight is 434 g/mol. The summed E-state index contributed by atoms with van der Waals surface area (Å²) in [6, 6.07) is 12.4. The van der Waals surface area contributed by atoms with Gasteiger partial charge in [0.2, 0.25) is 0 Å². The van der Waals surface area contributed by atoms with E-state index < -0.39 is 0 Å². The van der Waals surface area contributed by atoms with Gasteiger partial charge >= 0.3 is 6.03 Å². The number of nitrogens with one attached hydrogen (secondary N) is 2. The van der Waals surface area contributed by atoms with Crippen LogP contribution in [-0.2, 0) is 17.7 Å². The Balaban J connectivity index is 1.53. The third-order valence-electron chi connectivity index (χ3n) is 5.38. The van der Waals surface area contributed by atoms with Gasteiger partial charge in [0.05, 0.1) is 6.10 Å². The molecule has 8 nitrogen and oxygen atoms in total. The summed E-state index contributed by atoms with van der Waals surface area (Å²) in [4.78, 5) is 38.3. The Kier molecular flexibility index (Phi) is 6.91. The number of amides is 2. The van der Waals surface area contributed by atoms with Crippen molar-refractivity contribution in [2.45, 2.75) is 38.8 Å². The van der Waals surface area contributed by atoms with Crippen LogP contribution < -0.4 is 10.9 Å². The molecule has 3 aromatic rings. The van der Waals surface area contributed by atoms with Crippen LogP contribution in [0.15, 0.2) is 59.7 Å². The van der Waals surface area contributed by atoms with Crippen LogP contribution >= 0.6 is 0 Å². The van der Waals surface area contributed by atoms with Crippen LogP contribution in [0.4, 0.5) is 10.5 Å². The van der Waals surface area contributed by atoms with E-state index in [1.165, 1.54) is 6.07 Å². The maximum Gasteiger partial charge on any atom is 0.322 e. The fourth-order valence-corrected chi connectivity index (χ4v) is 3.74. The lowest BCUT2D eigenvalue weighted by Crippen LogP contribution is -2.39.